The lowest BCUT2D eigenvalue weighted by Crippen LogP contribution is -3.00. The number of nitrogens with zero attached hydrogens (tertiary/aromatic N) is 2. The molecule has 0 saturated carbocycles. The maximum absolute atomic E-state index is 5.35. The molecule has 1 aromatic rings. The zero-order valence-corrected chi connectivity index (χ0v) is 14.1. The van der Waals surface area contributed by atoms with Crippen molar-refractivity contribution in [1.82, 2.24) is 4.90 Å². The van der Waals surface area contributed by atoms with E-state index in [9.17, 15) is 0 Å². The van der Waals surface area contributed by atoms with Gasteiger partial charge in [0.15, 0.2) is 5.17 Å². The Labute approximate surface area is 135 Å². The third-order valence-corrected chi connectivity index (χ3v) is 3.48. The molecular formula is C13H18IN2O2S-. The van der Waals surface area contributed by atoms with Crippen LogP contribution >= 0.6 is 11.8 Å². The number of hydrogen-bond donors (Lipinski definition) is 0. The summed E-state index contributed by atoms with van der Waals surface area (Å²) in [5.41, 5.74) is 0.951. The van der Waals surface area contributed by atoms with Crippen molar-refractivity contribution in [2.75, 3.05) is 39.7 Å². The van der Waals surface area contributed by atoms with Gasteiger partial charge in [-0.1, -0.05) is 11.8 Å². The fraction of sp³-hybridized carbons (Fsp3) is 0.462. The monoisotopic (exact) mass is 393 g/mol. The van der Waals surface area contributed by atoms with Crippen LogP contribution in [-0.2, 0) is 4.74 Å². The second-order valence-electron chi connectivity index (χ2n) is 3.90. The van der Waals surface area contributed by atoms with E-state index >= 15 is 0 Å². The first-order valence-corrected chi connectivity index (χ1v) is 7.15. The quantitative estimate of drug-likeness (QED) is 0.381. The minimum absolute atomic E-state index is 0. The number of methoxy groups -OCH3 is 1. The molecule has 19 heavy (non-hydrogen) atoms. The van der Waals surface area contributed by atoms with E-state index < -0.39 is 0 Å². The smallest absolute Gasteiger partial charge is 0.164 e. The lowest BCUT2D eigenvalue weighted by atomic mass is 10.3. The number of ether oxygens (including phenoxy) is 2. The van der Waals surface area contributed by atoms with E-state index in [1.807, 2.05) is 24.3 Å². The standard InChI is InChI=1S/C13H18N2O2S.HI/c1-16-12-5-3-11(4-6-12)14-13(18-2)15-7-9-17-10-8-15;/h3-6H,7-10H2,1-2H3;1H/p-1. The first-order valence-electron chi connectivity index (χ1n) is 5.93. The van der Waals surface area contributed by atoms with Crippen molar-refractivity contribution in [2.45, 2.75) is 0 Å². The molecule has 0 N–H and O–H groups in total. The number of morpholine rings is 1. The maximum atomic E-state index is 5.35. The third kappa shape index (κ3) is 4.85. The van der Waals surface area contributed by atoms with Crippen molar-refractivity contribution in [2.24, 2.45) is 4.99 Å². The van der Waals surface area contributed by atoms with Gasteiger partial charge in [0.1, 0.15) is 5.75 Å². The molecular weight excluding hydrogens is 375 g/mol. The highest BCUT2D eigenvalue weighted by Gasteiger charge is 2.14. The van der Waals surface area contributed by atoms with Gasteiger partial charge in [0.2, 0.25) is 0 Å². The number of rotatable bonds is 2. The number of benzene rings is 1. The van der Waals surface area contributed by atoms with Crippen LogP contribution in [0.2, 0.25) is 0 Å². The molecule has 1 aliphatic rings. The third-order valence-electron chi connectivity index (χ3n) is 2.76. The number of thioether (sulfide) groups is 1. The Bertz CT molecular complexity index is 406. The van der Waals surface area contributed by atoms with Gasteiger partial charge in [0.25, 0.3) is 0 Å². The molecule has 106 valence electrons. The van der Waals surface area contributed by atoms with Crippen molar-refractivity contribution < 1.29 is 33.5 Å². The molecule has 0 atom stereocenters. The van der Waals surface area contributed by atoms with Crippen LogP contribution in [0, 0.1) is 0 Å². The summed E-state index contributed by atoms with van der Waals surface area (Å²) in [6, 6.07) is 7.79. The summed E-state index contributed by atoms with van der Waals surface area (Å²) in [6.07, 6.45) is 2.05. The summed E-state index contributed by atoms with van der Waals surface area (Å²) in [4.78, 5) is 6.93. The van der Waals surface area contributed by atoms with Gasteiger partial charge >= 0.3 is 0 Å². The molecule has 0 radical (unpaired) electrons. The molecule has 1 aliphatic heterocycles. The van der Waals surface area contributed by atoms with E-state index in [0.29, 0.717) is 0 Å². The summed E-state index contributed by atoms with van der Waals surface area (Å²) in [7, 11) is 1.67. The molecule has 0 spiro atoms. The minimum atomic E-state index is 0. The molecule has 0 unspecified atom stereocenters. The van der Waals surface area contributed by atoms with Crippen molar-refractivity contribution >= 4 is 22.6 Å². The van der Waals surface area contributed by atoms with Crippen molar-refractivity contribution in [1.29, 1.82) is 0 Å². The van der Waals surface area contributed by atoms with Gasteiger partial charge in [-0.3, -0.25) is 0 Å². The van der Waals surface area contributed by atoms with Crippen molar-refractivity contribution in [3.05, 3.63) is 24.3 Å². The SMILES string of the molecule is COc1ccc(N=C(SC)N2CCOCC2)cc1.[I-]. The highest BCUT2D eigenvalue weighted by Crippen LogP contribution is 2.20. The number of halogens is 1. The Morgan fingerprint density at radius 3 is 2.42 bits per heavy atom. The molecule has 0 aliphatic carbocycles. The maximum Gasteiger partial charge on any atom is 0.164 e. The molecule has 0 bridgehead atoms. The average molecular weight is 393 g/mol. The van der Waals surface area contributed by atoms with Gasteiger partial charge in [0.05, 0.1) is 26.0 Å². The Hall–Kier alpha value is -0.470. The molecule has 0 aromatic heterocycles. The number of amidine groups is 1. The lowest BCUT2D eigenvalue weighted by molar-refractivity contribution is -0.00000483. The number of aliphatic imine (C=N–C) groups is 1. The van der Waals surface area contributed by atoms with Crippen molar-refractivity contribution in [3.8, 4) is 5.75 Å². The average Bonchev–Trinajstić information content (AvgIpc) is 2.46. The topological polar surface area (TPSA) is 34.1 Å². The molecule has 4 nitrogen and oxygen atoms in total. The lowest BCUT2D eigenvalue weighted by Gasteiger charge is -2.28. The highest BCUT2D eigenvalue weighted by molar-refractivity contribution is 8.13. The number of hydrogen-bond acceptors (Lipinski definition) is 4. The van der Waals surface area contributed by atoms with Gasteiger partial charge < -0.3 is 38.4 Å². The van der Waals surface area contributed by atoms with E-state index in [0.717, 1.165) is 42.9 Å². The van der Waals surface area contributed by atoms with Gasteiger partial charge in [-0.15, -0.1) is 0 Å². The second-order valence-corrected chi connectivity index (χ2v) is 4.67. The van der Waals surface area contributed by atoms with Crippen molar-refractivity contribution in [3.63, 3.8) is 0 Å². The normalized spacial score (nSPS) is 15.9. The highest BCUT2D eigenvalue weighted by atomic mass is 127. The van der Waals surface area contributed by atoms with E-state index in [1.54, 1.807) is 18.9 Å². The zero-order chi connectivity index (χ0) is 12.8. The van der Waals surface area contributed by atoms with Crippen LogP contribution in [0.15, 0.2) is 29.3 Å². The molecule has 0 amide bonds. The fourth-order valence-corrected chi connectivity index (χ4v) is 2.40. The van der Waals surface area contributed by atoms with Crippen LogP contribution < -0.4 is 28.7 Å². The van der Waals surface area contributed by atoms with E-state index in [2.05, 4.69) is 16.1 Å². The van der Waals surface area contributed by atoms with Gasteiger partial charge in [-0.25, -0.2) is 4.99 Å². The van der Waals surface area contributed by atoms with Gasteiger partial charge in [-0.05, 0) is 30.5 Å². The molecule has 1 aromatic carbocycles. The largest absolute Gasteiger partial charge is 1.00 e. The molecule has 2 rings (SSSR count). The summed E-state index contributed by atoms with van der Waals surface area (Å²) >= 11 is 1.67. The first kappa shape index (κ1) is 16.6. The Balaban J connectivity index is 0.00000180. The van der Waals surface area contributed by atoms with Gasteiger partial charge in [-0.2, -0.15) is 0 Å². The fourth-order valence-electron chi connectivity index (χ4n) is 1.77. The predicted molar refractivity (Wildman–Crippen MR) is 76.0 cm³/mol. The van der Waals surface area contributed by atoms with Gasteiger partial charge in [0, 0.05) is 13.1 Å². The first-order chi connectivity index (χ1) is 8.83. The molecule has 1 saturated heterocycles. The predicted octanol–water partition coefficient (Wildman–Crippen LogP) is -0.618. The minimum Gasteiger partial charge on any atom is -1.00 e. The summed E-state index contributed by atoms with van der Waals surface area (Å²) < 4.78 is 10.5. The zero-order valence-electron chi connectivity index (χ0n) is 11.1. The second kappa shape index (κ2) is 8.65. The van der Waals surface area contributed by atoms with Crippen LogP contribution in [0.25, 0.3) is 0 Å². The Morgan fingerprint density at radius 2 is 1.89 bits per heavy atom. The van der Waals surface area contributed by atoms with Crippen LogP contribution in [0.4, 0.5) is 5.69 Å². The summed E-state index contributed by atoms with van der Waals surface area (Å²) in [5.74, 6) is 0.853. The summed E-state index contributed by atoms with van der Waals surface area (Å²) in [6.45, 7) is 3.38. The van der Waals surface area contributed by atoms with Crippen LogP contribution in [0.5, 0.6) is 5.75 Å². The summed E-state index contributed by atoms with van der Waals surface area (Å²) in [5, 5.41) is 1.04. The van der Waals surface area contributed by atoms with E-state index in [1.165, 1.54) is 0 Å². The van der Waals surface area contributed by atoms with Crippen LogP contribution in [0.1, 0.15) is 0 Å². The molecule has 1 heterocycles. The Morgan fingerprint density at radius 1 is 1.26 bits per heavy atom. The van der Waals surface area contributed by atoms with Crippen LogP contribution in [-0.4, -0.2) is 49.7 Å². The molecule has 1 fully saturated rings. The molecule has 6 heteroatoms. The van der Waals surface area contributed by atoms with E-state index in [-0.39, 0.29) is 24.0 Å². The van der Waals surface area contributed by atoms with E-state index in [4.69, 9.17) is 9.47 Å². The Kier molecular flexibility index (Phi) is 7.55. The van der Waals surface area contributed by atoms with Crippen LogP contribution in [0.3, 0.4) is 0 Å².